The number of nitrogens with zero attached hydrogens (tertiary/aromatic N) is 1. The zero-order chi connectivity index (χ0) is 15.8. The molecule has 0 unspecified atom stereocenters. The average molecular weight is 346 g/mol. The third-order valence-corrected chi connectivity index (χ3v) is 5.70. The molecule has 4 rings (SSSR count). The van der Waals surface area contributed by atoms with Gasteiger partial charge in [0, 0.05) is 39.1 Å². The minimum atomic E-state index is 0.565. The van der Waals surface area contributed by atoms with E-state index in [4.69, 9.17) is 16.6 Å². The lowest BCUT2D eigenvalue weighted by atomic mass is 9.87. The van der Waals surface area contributed by atoms with Crippen LogP contribution in [0, 0.1) is 5.92 Å². The van der Waals surface area contributed by atoms with Gasteiger partial charge in [-0.15, -0.1) is 11.3 Å². The summed E-state index contributed by atoms with van der Waals surface area (Å²) in [6, 6.07) is 6.48. The highest BCUT2D eigenvalue weighted by Crippen LogP contribution is 2.33. The van der Waals surface area contributed by atoms with Crippen LogP contribution in [0.15, 0.2) is 29.8 Å². The Kier molecular flexibility index (Phi) is 4.04. The molecule has 1 aliphatic rings. The highest BCUT2D eigenvalue weighted by atomic mass is 35.5. The number of halogens is 1. The van der Waals surface area contributed by atoms with Crippen molar-refractivity contribution in [2.45, 2.75) is 38.6 Å². The van der Waals surface area contributed by atoms with E-state index < -0.39 is 0 Å². The molecule has 0 radical (unpaired) electrons. The zero-order valence-corrected chi connectivity index (χ0v) is 14.7. The number of H-pyrrole nitrogens is 1. The molecule has 3 nitrogen and oxygen atoms in total. The molecular weight excluding hydrogens is 326 g/mol. The van der Waals surface area contributed by atoms with Gasteiger partial charge in [0.25, 0.3) is 0 Å². The summed E-state index contributed by atoms with van der Waals surface area (Å²) in [5.41, 5.74) is 3.21. The lowest BCUT2D eigenvalue weighted by Gasteiger charge is -2.27. The third-order valence-electron chi connectivity index (χ3n) is 4.69. The van der Waals surface area contributed by atoms with Gasteiger partial charge in [0.15, 0.2) is 5.13 Å². The van der Waals surface area contributed by atoms with Crippen LogP contribution in [0.1, 0.15) is 32.6 Å². The van der Waals surface area contributed by atoms with Crippen molar-refractivity contribution in [1.82, 2.24) is 9.97 Å². The molecule has 0 saturated heterocycles. The molecule has 2 N–H and O–H groups in total. The van der Waals surface area contributed by atoms with E-state index in [-0.39, 0.29) is 0 Å². The number of fused-ring (bicyclic) bond motifs is 1. The second-order valence-electron chi connectivity index (χ2n) is 6.54. The first-order valence-corrected chi connectivity index (χ1v) is 9.44. The van der Waals surface area contributed by atoms with Crippen LogP contribution in [0.2, 0.25) is 5.02 Å². The minimum absolute atomic E-state index is 0.565. The maximum atomic E-state index is 6.14. The van der Waals surface area contributed by atoms with Gasteiger partial charge in [-0.3, -0.25) is 0 Å². The molecule has 1 saturated carbocycles. The molecule has 0 amide bonds. The molecule has 23 heavy (non-hydrogen) atoms. The van der Waals surface area contributed by atoms with Crippen molar-refractivity contribution in [3.63, 3.8) is 0 Å². The minimum Gasteiger partial charge on any atom is -0.360 e. The van der Waals surface area contributed by atoms with E-state index in [9.17, 15) is 0 Å². The largest absolute Gasteiger partial charge is 0.360 e. The number of anilines is 1. The summed E-state index contributed by atoms with van der Waals surface area (Å²) in [6.07, 6.45) is 7.19. The van der Waals surface area contributed by atoms with Gasteiger partial charge in [-0.1, -0.05) is 31.4 Å². The molecule has 120 valence electrons. The van der Waals surface area contributed by atoms with Gasteiger partial charge in [0.05, 0.1) is 5.69 Å². The second-order valence-corrected chi connectivity index (χ2v) is 7.84. The van der Waals surface area contributed by atoms with E-state index in [1.54, 1.807) is 11.3 Å². The summed E-state index contributed by atoms with van der Waals surface area (Å²) in [7, 11) is 0. The van der Waals surface area contributed by atoms with Crippen molar-refractivity contribution < 1.29 is 0 Å². The van der Waals surface area contributed by atoms with Gasteiger partial charge in [-0.25, -0.2) is 4.98 Å². The Labute approximate surface area is 145 Å². The highest BCUT2D eigenvalue weighted by molar-refractivity contribution is 7.14. The topological polar surface area (TPSA) is 40.7 Å². The Balaban J connectivity index is 1.58. The summed E-state index contributed by atoms with van der Waals surface area (Å²) < 4.78 is 0. The Morgan fingerprint density at radius 3 is 3.13 bits per heavy atom. The zero-order valence-electron chi connectivity index (χ0n) is 13.1. The van der Waals surface area contributed by atoms with Crippen LogP contribution < -0.4 is 5.32 Å². The van der Waals surface area contributed by atoms with Gasteiger partial charge in [0.1, 0.15) is 0 Å². The maximum absolute atomic E-state index is 6.14. The first-order chi connectivity index (χ1) is 11.2. The van der Waals surface area contributed by atoms with Crippen LogP contribution in [-0.2, 0) is 0 Å². The Hall–Kier alpha value is -1.52. The smallest absolute Gasteiger partial charge is 0.183 e. The van der Waals surface area contributed by atoms with Gasteiger partial charge in [-0.05, 0) is 37.0 Å². The molecule has 1 aliphatic carbocycles. The fourth-order valence-electron chi connectivity index (χ4n) is 3.51. The molecule has 2 heterocycles. The van der Waals surface area contributed by atoms with E-state index in [0.29, 0.717) is 6.04 Å². The molecule has 0 bridgehead atoms. The first-order valence-electron chi connectivity index (χ1n) is 8.18. The molecule has 1 aromatic carbocycles. The van der Waals surface area contributed by atoms with Crippen molar-refractivity contribution in [2.24, 2.45) is 5.92 Å². The number of thiazole rings is 1. The predicted molar refractivity (Wildman–Crippen MR) is 99.5 cm³/mol. The molecular formula is C18H20ClN3S. The monoisotopic (exact) mass is 345 g/mol. The average Bonchev–Trinajstić information content (AvgIpc) is 3.13. The summed E-state index contributed by atoms with van der Waals surface area (Å²) >= 11 is 7.82. The standard InChI is InChI=1S/C18H20ClN3S/c1-11-3-2-4-13(7-11)21-18-22-17(10-23-18)15-9-20-16-6-5-12(19)8-14(15)16/h5-6,8-11,13,20H,2-4,7H2,1H3,(H,21,22)/t11-,13-/m1/s1. The number of benzene rings is 1. The Bertz CT molecular complexity index is 823. The molecule has 1 fully saturated rings. The number of hydrogen-bond acceptors (Lipinski definition) is 3. The van der Waals surface area contributed by atoms with Crippen molar-refractivity contribution >= 4 is 39.0 Å². The van der Waals surface area contributed by atoms with Gasteiger partial charge >= 0.3 is 0 Å². The highest BCUT2D eigenvalue weighted by Gasteiger charge is 2.20. The van der Waals surface area contributed by atoms with Crippen molar-refractivity contribution in [3.8, 4) is 11.3 Å². The number of nitrogens with one attached hydrogen (secondary N) is 2. The van der Waals surface area contributed by atoms with E-state index in [1.165, 1.54) is 25.7 Å². The third kappa shape index (κ3) is 3.10. The number of rotatable bonds is 3. The number of hydrogen-bond donors (Lipinski definition) is 2. The molecule has 5 heteroatoms. The lowest BCUT2D eigenvalue weighted by molar-refractivity contribution is 0.358. The predicted octanol–water partition coefficient (Wildman–Crippen LogP) is 5.94. The Morgan fingerprint density at radius 1 is 1.35 bits per heavy atom. The first kappa shape index (κ1) is 15.0. The molecule has 0 aliphatic heterocycles. The van der Waals surface area contributed by atoms with E-state index in [0.717, 1.165) is 38.2 Å². The van der Waals surface area contributed by atoms with Crippen LogP contribution in [0.5, 0.6) is 0 Å². The van der Waals surface area contributed by atoms with E-state index >= 15 is 0 Å². The lowest BCUT2D eigenvalue weighted by Crippen LogP contribution is -2.26. The molecule has 3 aromatic rings. The molecule has 2 aromatic heterocycles. The summed E-state index contributed by atoms with van der Waals surface area (Å²) in [5, 5.41) is 8.65. The van der Waals surface area contributed by atoms with Gasteiger partial charge in [0.2, 0.25) is 0 Å². The van der Waals surface area contributed by atoms with Crippen molar-refractivity contribution in [2.75, 3.05) is 5.32 Å². The second kappa shape index (κ2) is 6.17. The molecule has 2 atom stereocenters. The van der Waals surface area contributed by atoms with Crippen LogP contribution >= 0.6 is 22.9 Å². The molecule has 0 spiro atoms. The quantitative estimate of drug-likeness (QED) is 0.617. The van der Waals surface area contributed by atoms with Crippen molar-refractivity contribution in [3.05, 3.63) is 34.8 Å². The van der Waals surface area contributed by atoms with Gasteiger partial charge < -0.3 is 10.3 Å². The van der Waals surface area contributed by atoms with Crippen LogP contribution in [-0.4, -0.2) is 16.0 Å². The normalized spacial score (nSPS) is 21.7. The van der Waals surface area contributed by atoms with Crippen LogP contribution in [0.3, 0.4) is 0 Å². The summed E-state index contributed by atoms with van der Waals surface area (Å²) in [4.78, 5) is 8.09. The number of aromatic nitrogens is 2. The fraction of sp³-hybridized carbons (Fsp3) is 0.389. The van der Waals surface area contributed by atoms with Crippen molar-refractivity contribution in [1.29, 1.82) is 0 Å². The number of aromatic amines is 1. The fourth-order valence-corrected chi connectivity index (χ4v) is 4.47. The summed E-state index contributed by atoms with van der Waals surface area (Å²) in [5.74, 6) is 0.816. The van der Waals surface area contributed by atoms with E-state index in [2.05, 4.69) is 22.6 Å². The Morgan fingerprint density at radius 2 is 2.26 bits per heavy atom. The SMILES string of the molecule is C[C@@H]1CCC[C@@H](Nc2nc(-c3c[nH]c4ccc(Cl)cc34)cs2)C1. The summed E-state index contributed by atoms with van der Waals surface area (Å²) in [6.45, 7) is 2.34. The van der Waals surface area contributed by atoms with Crippen LogP contribution in [0.25, 0.3) is 22.2 Å². The van der Waals surface area contributed by atoms with Crippen LogP contribution in [0.4, 0.5) is 5.13 Å². The maximum Gasteiger partial charge on any atom is 0.183 e. The van der Waals surface area contributed by atoms with E-state index in [1.807, 2.05) is 24.4 Å². The van der Waals surface area contributed by atoms with Gasteiger partial charge in [-0.2, -0.15) is 0 Å².